The van der Waals surface area contributed by atoms with Gasteiger partial charge in [-0.05, 0) is 18.1 Å². The van der Waals surface area contributed by atoms with Gasteiger partial charge in [0.1, 0.15) is 11.4 Å². The maximum atomic E-state index is 13.9. The second-order valence-electron chi connectivity index (χ2n) is 11.2. The van der Waals surface area contributed by atoms with E-state index in [0.717, 1.165) is 16.7 Å². The third-order valence-electron chi connectivity index (χ3n) is 8.18. The molecule has 1 aromatic heterocycles. The molecule has 2 saturated heterocycles. The number of β-lactam (4-membered cyclic amide) rings is 1. The Morgan fingerprint density at radius 1 is 1.10 bits per heavy atom. The van der Waals surface area contributed by atoms with E-state index in [0.29, 0.717) is 15.4 Å². The number of aliphatic carboxylic acids is 2. The minimum atomic E-state index is -2.12. The Kier molecular flexibility index (Phi) is 11.1. The molecule has 2 fully saturated rings. The van der Waals surface area contributed by atoms with Crippen LogP contribution in [0.25, 0.3) is 0 Å². The minimum Gasteiger partial charge on any atom is -0.543 e. The normalized spacial score (nSPS) is 20.5. The number of nitrogens with one attached hydrogen (secondary N) is 4. The van der Waals surface area contributed by atoms with E-state index in [1.807, 2.05) is 0 Å². The predicted molar refractivity (Wildman–Crippen MR) is 176 cm³/mol. The summed E-state index contributed by atoms with van der Waals surface area (Å²) in [6, 6.07) is 8.67. The van der Waals surface area contributed by atoms with Gasteiger partial charge in [-0.15, -0.1) is 23.5 Å². The summed E-state index contributed by atoms with van der Waals surface area (Å²) in [5.74, 6) is -6.36. The summed E-state index contributed by atoms with van der Waals surface area (Å²) in [5.41, 5.74) is 0.717. The SMILES string of the molecule is CCN1CCN(C(=O)N[C@@H](C(=O)N[C@]2(NC=O)C(=O)N3C(C(=O)[O-])=C(CSc4cc[n+](NCC(=O)O)cc4)CS[C@@H]32)c2ccccc2)C(=O)C1=O. The molecule has 2 aromatic rings. The summed E-state index contributed by atoms with van der Waals surface area (Å²) in [4.78, 5) is 105. The molecule has 3 aliphatic heterocycles. The van der Waals surface area contributed by atoms with E-state index in [2.05, 4.69) is 21.4 Å². The molecule has 0 aliphatic carbocycles. The Morgan fingerprint density at radius 2 is 1.80 bits per heavy atom. The van der Waals surface area contributed by atoms with E-state index < -0.39 is 64.4 Å². The quantitative estimate of drug-likeness (QED) is 0.0332. The molecular weight excluding hydrogens is 709 g/mol. The maximum Gasteiger partial charge on any atom is 0.328 e. The molecule has 0 unspecified atom stereocenters. The molecule has 0 radical (unpaired) electrons. The predicted octanol–water partition coefficient (Wildman–Crippen LogP) is -2.69. The van der Waals surface area contributed by atoms with Crippen molar-refractivity contribution in [2.75, 3.05) is 43.1 Å². The monoisotopic (exact) mass is 740 g/mol. The number of benzene rings is 1. The number of fused-ring (bicyclic) bond motifs is 1. The molecule has 3 aliphatic rings. The number of nitrogens with zero attached hydrogens (tertiary/aromatic N) is 4. The molecule has 0 spiro atoms. The molecule has 0 saturated carbocycles. The maximum absolute atomic E-state index is 13.9. The molecule has 5 N–H and O–H groups in total. The van der Waals surface area contributed by atoms with Gasteiger partial charge >= 0.3 is 23.8 Å². The van der Waals surface area contributed by atoms with E-state index in [1.165, 1.54) is 33.5 Å². The van der Waals surface area contributed by atoms with Crippen molar-refractivity contribution in [3.05, 3.63) is 71.7 Å². The number of urea groups is 1. The molecule has 51 heavy (non-hydrogen) atoms. The van der Waals surface area contributed by atoms with Crippen LogP contribution in [0.5, 0.6) is 0 Å². The van der Waals surface area contributed by atoms with Crippen LogP contribution in [0.3, 0.4) is 0 Å². The molecule has 0 bridgehead atoms. The van der Waals surface area contributed by atoms with Gasteiger partial charge in [0.15, 0.2) is 6.54 Å². The van der Waals surface area contributed by atoms with E-state index >= 15 is 0 Å². The summed E-state index contributed by atoms with van der Waals surface area (Å²) in [6.45, 7) is 1.62. The van der Waals surface area contributed by atoms with Crippen LogP contribution >= 0.6 is 23.5 Å². The number of hydrogen-bond acceptors (Lipinski definition) is 12. The van der Waals surface area contributed by atoms with Gasteiger partial charge in [-0.2, -0.15) is 5.43 Å². The Labute approximate surface area is 298 Å². The van der Waals surface area contributed by atoms with Gasteiger partial charge < -0.3 is 35.9 Å². The van der Waals surface area contributed by atoms with E-state index in [9.17, 15) is 43.5 Å². The first-order chi connectivity index (χ1) is 24.4. The van der Waals surface area contributed by atoms with Gasteiger partial charge in [0.25, 0.3) is 5.91 Å². The average Bonchev–Trinajstić information content (AvgIpc) is 3.12. The van der Waals surface area contributed by atoms with Crippen molar-refractivity contribution in [1.82, 2.24) is 30.7 Å². The van der Waals surface area contributed by atoms with E-state index in [1.54, 1.807) is 49.6 Å². The fourth-order valence-corrected chi connectivity index (χ4v) is 8.07. The van der Waals surface area contributed by atoms with E-state index in [4.69, 9.17) is 5.11 Å². The van der Waals surface area contributed by atoms with Crippen LogP contribution in [0.4, 0.5) is 4.79 Å². The number of amides is 7. The summed E-state index contributed by atoms with van der Waals surface area (Å²) in [5, 5.41) is 27.4. The van der Waals surface area contributed by atoms with Crippen LogP contribution in [-0.2, 0) is 33.6 Å². The highest BCUT2D eigenvalue weighted by Crippen LogP contribution is 2.45. The molecule has 1 aromatic carbocycles. The molecule has 268 valence electrons. The van der Waals surface area contributed by atoms with Gasteiger partial charge in [-0.25, -0.2) is 4.79 Å². The zero-order valence-electron chi connectivity index (χ0n) is 26.9. The highest BCUT2D eigenvalue weighted by atomic mass is 32.2. The van der Waals surface area contributed by atoms with Gasteiger partial charge in [-0.3, -0.25) is 38.6 Å². The molecule has 7 amide bonds. The van der Waals surface area contributed by atoms with Crippen molar-refractivity contribution >= 4 is 71.5 Å². The number of likely N-dealkylation sites (N-methyl/N-ethyl adjacent to an activating group) is 1. The number of carboxylic acid groups (broad SMARTS) is 2. The lowest BCUT2D eigenvalue weighted by molar-refractivity contribution is -0.649. The average molecular weight is 741 g/mol. The van der Waals surface area contributed by atoms with Crippen molar-refractivity contribution in [2.45, 2.75) is 28.9 Å². The fraction of sp³-hybridized carbons (Fsp3) is 0.323. The van der Waals surface area contributed by atoms with Crippen LogP contribution in [0, 0.1) is 0 Å². The molecule has 3 atom stereocenters. The van der Waals surface area contributed by atoms with Gasteiger partial charge in [0, 0.05) is 48.2 Å². The highest BCUT2D eigenvalue weighted by Gasteiger charge is 2.65. The lowest BCUT2D eigenvalue weighted by atomic mass is 9.94. The van der Waals surface area contributed by atoms with Crippen molar-refractivity contribution < 1.29 is 53.2 Å². The summed E-state index contributed by atoms with van der Waals surface area (Å²) >= 11 is 2.34. The van der Waals surface area contributed by atoms with Crippen molar-refractivity contribution in [3.63, 3.8) is 0 Å². The highest BCUT2D eigenvalue weighted by molar-refractivity contribution is 8.01. The molecule has 5 rings (SSSR count). The third kappa shape index (κ3) is 7.45. The Balaban J connectivity index is 1.34. The number of carbonyl (C=O) groups excluding carboxylic acids is 7. The zero-order valence-corrected chi connectivity index (χ0v) is 28.5. The van der Waals surface area contributed by atoms with Gasteiger partial charge in [-0.1, -0.05) is 35.0 Å². The molecule has 20 heteroatoms. The number of carboxylic acids is 2. The number of piperazine rings is 1. The number of rotatable bonds is 14. The topological polar surface area (TPSA) is 242 Å². The number of imide groups is 1. The van der Waals surface area contributed by atoms with Crippen LogP contribution in [0.1, 0.15) is 18.5 Å². The molecule has 4 heterocycles. The number of thioether (sulfide) groups is 2. The standard InChI is InChI=1S/C31H32N8O10S2/c1-2-36-12-13-38(26(45)25(36)44)30(49)34-22(18-6-4-3-5-7-18)24(43)35-31(32-17-40)28(48)39-23(27(46)47)19(16-51-29(31)39)15-50-20-8-10-37(11-9-20)33-14-21(41)42/h3-11,17,22,29,33H,2,12-16H2,1H3,(H4-,32,34,35,40,41,42,43,46,47,49)/t22-,29-,31-/m1/s1. The van der Waals surface area contributed by atoms with Gasteiger partial charge in [0.2, 0.25) is 30.4 Å². The smallest absolute Gasteiger partial charge is 0.328 e. The van der Waals surface area contributed by atoms with Crippen LogP contribution in [0.2, 0.25) is 0 Å². The number of hydrogen-bond donors (Lipinski definition) is 5. The lowest BCUT2D eigenvalue weighted by Crippen LogP contribution is -2.85. The first kappa shape index (κ1) is 36.6. The van der Waals surface area contributed by atoms with Gasteiger partial charge in [0.05, 0.1) is 11.7 Å². The molecule has 18 nitrogen and oxygen atoms in total. The van der Waals surface area contributed by atoms with Crippen molar-refractivity contribution in [1.29, 1.82) is 0 Å². The Bertz CT molecular complexity index is 1790. The summed E-state index contributed by atoms with van der Waals surface area (Å²) in [7, 11) is 0. The molecular formula is C31H32N8O10S2. The van der Waals surface area contributed by atoms with E-state index in [-0.39, 0.29) is 49.7 Å². The minimum absolute atomic E-state index is 0.0780. The van der Waals surface area contributed by atoms with Crippen LogP contribution in [0.15, 0.2) is 71.0 Å². The van der Waals surface area contributed by atoms with Crippen LogP contribution < -0.4 is 31.2 Å². The van der Waals surface area contributed by atoms with Crippen molar-refractivity contribution in [3.8, 4) is 0 Å². The third-order valence-corrected chi connectivity index (χ3v) is 10.7. The number of aromatic nitrogens is 1. The zero-order chi connectivity index (χ0) is 36.9. The van der Waals surface area contributed by atoms with Crippen molar-refractivity contribution in [2.24, 2.45) is 0 Å². The second kappa shape index (κ2) is 15.5. The second-order valence-corrected chi connectivity index (χ2v) is 13.3. The first-order valence-corrected chi connectivity index (χ1v) is 17.4. The number of carbonyl (C=O) groups is 8. The van der Waals surface area contributed by atoms with Crippen LogP contribution in [-0.4, -0.2) is 117 Å². The summed E-state index contributed by atoms with van der Waals surface area (Å²) in [6.07, 6.45) is 3.35. The Hall–Kier alpha value is -5.63. The number of pyridine rings is 1. The Morgan fingerprint density at radius 3 is 2.43 bits per heavy atom. The fourth-order valence-electron chi connectivity index (χ4n) is 5.62. The first-order valence-electron chi connectivity index (χ1n) is 15.4. The summed E-state index contributed by atoms with van der Waals surface area (Å²) < 4.78 is 1.44. The lowest BCUT2D eigenvalue weighted by Gasteiger charge is -2.57. The largest absolute Gasteiger partial charge is 0.543 e.